The Morgan fingerprint density at radius 3 is 2.70 bits per heavy atom. The van der Waals surface area contributed by atoms with Crippen molar-refractivity contribution in [1.82, 2.24) is 9.97 Å². The SMILES string of the molecule is Cc1ncsc1CNc1nc(C(F)(F)F)ccc1C#N. The lowest BCUT2D eigenvalue weighted by atomic mass is 10.2. The van der Waals surface area contributed by atoms with E-state index < -0.39 is 11.9 Å². The maximum atomic E-state index is 12.6. The number of halogens is 3. The van der Waals surface area contributed by atoms with E-state index in [1.54, 1.807) is 12.4 Å². The fraction of sp³-hybridized carbons (Fsp3) is 0.250. The number of aromatic nitrogens is 2. The summed E-state index contributed by atoms with van der Waals surface area (Å²) in [5, 5.41) is 11.7. The predicted octanol–water partition coefficient (Wildman–Crippen LogP) is 3.35. The highest BCUT2D eigenvalue weighted by Gasteiger charge is 2.33. The Morgan fingerprint density at radius 1 is 1.40 bits per heavy atom. The third kappa shape index (κ3) is 3.05. The molecule has 1 N–H and O–H groups in total. The second-order valence-corrected chi connectivity index (χ2v) is 4.86. The van der Waals surface area contributed by atoms with Gasteiger partial charge in [0.15, 0.2) is 0 Å². The quantitative estimate of drug-likeness (QED) is 0.944. The first-order valence-corrected chi connectivity index (χ1v) is 6.41. The molecule has 2 aromatic rings. The number of hydrogen-bond acceptors (Lipinski definition) is 5. The average molecular weight is 298 g/mol. The molecule has 8 heteroatoms. The van der Waals surface area contributed by atoms with Gasteiger partial charge in [-0.3, -0.25) is 0 Å². The third-order valence-electron chi connectivity index (χ3n) is 2.57. The summed E-state index contributed by atoms with van der Waals surface area (Å²) < 4.78 is 37.8. The largest absolute Gasteiger partial charge is 0.433 e. The normalized spacial score (nSPS) is 11.2. The van der Waals surface area contributed by atoms with E-state index in [1.165, 1.54) is 11.3 Å². The molecular weight excluding hydrogens is 289 g/mol. The van der Waals surface area contributed by atoms with Crippen molar-refractivity contribution in [3.8, 4) is 6.07 Å². The Bertz CT molecular complexity index is 657. The summed E-state index contributed by atoms with van der Waals surface area (Å²) in [5.41, 5.74) is 1.49. The molecule has 0 aliphatic carbocycles. The number of hydrogen-bond donors (Lipinski definition) is 1. The fourth-order valence-corrected chi connectivity index (χ4v) is 2.22. The number of pyridine rings is 1. The van der Waals surface area contributed by atoms with Gasteiger partial charge in [0.25, 0.3) is 0 Å². The maximum Gasteiger partial charge on any atom is 0.433 e. The number of rotatable bonds is 3. The third-order valence-corrected chi connectivity index (χ3v) is 3.50. The molecule has 0 radical (unpaired) electrons. The topological polar surface area (TPSA) is 61.6 Å². The fourth-order valence-electron chi connectivity index (χ4n) is 1.50. The van der Waals surface area contributed by atoms with Crippen LogP contribution in [0.5, 0.6) is 0 Å². The monoisotopic (exact) mass is 298 g/mol. The van der Waals surface area contributed by atoms with E-state index in [0.29, 0.717) is 0 Å². The zero-order valence-electron chi connectivity index (χ0n) is 10.3. The molecule has 0 spiro atoms. The number of aryl methyl sites for hydroxylation is 1. The molecule has 0 saturated heterocycles. The zero-order valence-corrected chi connectivity index (χ0v) is 11.1. The number of nitrogens with one attached hydrogen (secondary N) is 1. The van der Waals surface area contributed by atoms with Crippen molar-refractivity contribution in [2.45, 2.75) is 19.6 Å². The van der Waals surface area contributed by atoms with Gasteiger partial charge in [0, 0.05) is 4.88 Å². The van der Waals surface area contributed by atoms with Crippen LogP contribution in [0, 0.1) is 18.3 Å². The van der Waals surface area contributed by atoms with E-state index in [9.17, 15) is 13.2 Å². The minimum Gasteiger partial charge on any atom is -0.364 e. The number of alkyl halides is 3. The smallest absolute Gasteiger partial charge is 0.364 e. The van der Waals surface area contributed by atoms with Gasteiger partial charge in [0.1, 0.15) is 17.6 Å². The van der Waals surface area contributed by atoms with Crippen LogP contribution in [-0.2, 0) is 12.7 Å². The van der Waals surface area contributed by atoms with Crippen molar-refractivity contribution in [2.24, 2.45) is 0 Å². The second-order valence-electron chi connectivity index (χ2n) is 3.92. The minimum atomic E-state index is -4.54. The number of thiazole rings is 1. The molecule has 0 saturated carbocycles. The molecular formula is C12H9F3N4S. The Balaban J connectivity index is 2.26. The summed E-state index contributed by atoms with van der Waals surface area (Å²) in [6.45, 7) is 2.08. The Labute approximate surface area is 116 Å². The van der Waals surface area contributed by atoms with Gasteiger partial charge < -0.3 is 5.32 Å². The van der Waals surface area contributed by atoms with Crippen molar-refractivity contribution >= 4 is 17.2 Å². The molecule has 4 nitrogen and oxygen atoms in total. The Hall–Kier alpha value is -2.14. The van der Waals surface area contributed by atoms with E-state index in [-0.39, 0.29) is 17.9 Å². The summed E-state index contributed by atoms with van der Waals surface area (Å²) in [6.07, 6.45) is -4.54. The van der Waals surface area contributed by atoms with Crippen LogP contribution in [0.4, 0.5) is 19.0 Å². The first-order chi connectivity index (χ1) is 9.41. The van der Waals surface area contributed by atoms with Crippen molar-refractivity contribution in [3.63, 3.8) is 0 Å². The van der Waals surface area contributed by atoms with Gasteiger partial charge in [0.05, 0.1) is 23.3 Å². The molecule has 0 fully saturated rings. The predicted molar refractivity (Wildman–Crippen MR) is 68.1 cm³/mol. The van der Waals surface area contributed by atoms with E-state index in [2.05, 4.69) is 15.3 Å². The standard InChI is InChI=1S/C12H9F3N4S/c1-7-9(20-6-18-7)5-17-11-8(4-16)2-3-10(19-11)12(13,14)15/h2-3,6H,5H2,1H3,(H,17,19). The highest BCUT2D eigenvalue weighted by Crippen LogP contribution is 2.29. The van der Waals surface area contributed by atoms with Crippen molar-refractivity contribution in [3.05, 3.63) is 39.5 Å². The van der Waals surface area contributed by atoms with E-state index >= 15 is 0 Å². The summed E-state index contributed by atoms with van der Waals surface area (Å²) in [4.78, 5) is 8.39. The minimum absolute atomic E-state index is 0.0696. The lowest BCUT2D eigenvalue weighted by Gasteiger charge is -2.10. The van der Waals surface area contributed by atoms with Crippen molar-refractivity contribution in [1.29, 1.82) is 5.26 Å². The van der Waals surface area contributed by atoms with E-state index in [0.717, 1.165) is 22.7 Å². The molecule has 20 heavy (non-hydrogen) atoms. The molecule has 0 bridgehead atoms. The van der Waals surface area contributed by atoms with Gasteiger partial charge in [-0.15, -0.1) is 11.3 Å². The summed E-state index contributed by atoms with van der Waals surface area (Å²) in [7, 11) is 0. The molecule has 0 aliphatic heterocycles. The van der Waals surface area contributed by atoms with E-state index in [4.69, 9.17) is 5.26 Å². The van der Waals surface area contributed by atoms with Crippen LogP contribution in [0.2, 0.25) is 0 Å². The molecule has 0 atom stereocenters. The van der Waals surface area contributed by atoms with Crippen LogP contribution in [0.25, 0.3) is 0 Å². The average Bonchev–Trinajstić information content (AvgIpc) is 2.80. The van der Waals surface area contributed by atoms with Crippen LogP contribution in [0.1, 0.15) is 21.8 Å². The second kappa shape index (κ2) is 5.46. The lowest BCUT2D eigenvalue weighted by Crippen LogP contribution is -2.11. The van der Waals surface area contributed by atoms with Gasteiger partial charge >= 0.3 is 6.18 Å². The summed E-state index contributed by atoms with van der Waals surface area (Å²) in [6, 6.07) is 3.72. The molecule has 0 unspecified atom stereocenters. The first kappa shape index (κ1) is 14.3. The highest BCUT2D eigenvalue weighted by molar-refractivity contribution is 7.09. The molecule has 0 aromatic carbocycles. The summed E-state index contributed by atoms with van der Waals surface area (Å²) in [5.74, 6) is -0.0740. The van der Waals surface area contributed by atoms with Gasteiger partial charge in [-0.1, -0.05) is 0 Å². The van der Waals surface area contributed by atoms with Crippen molar-refractivity contribution < 1.29 is 13.2 Å². The summed E-state index contributed by atoms with van der Waals surface area (Å²) >= 11 is 1.39. The molecule has 2 aromatic heterocycles. The van der Waals surface area contributed by atoms with Crippen LogP contribution in [0.15, 0.2) is 17.6 Å². The lowest BCUT2D eigenvalue weighted by molar-refractivity contribution is -0.141. The zero-order chi connectivity index (χ0) is 14.8. The molecule has 0 amide bonds. The Kier molecular flexibility index (Phi) is 3.90. The van der Waals surface area contributed by atoms with Crippen LogP contribution in [-0.4, -0.2) is 9.97 Å². The van der Waals surface area contributed by atoms with Crippen LogP contribution >= 0.6 is 11.3 Å². The van der Waals surface area contributed by atoms with Crippen molar-refractivity contribution in [2.75, 3.05) is 5.32 Å². The van der Waals surface area contributed by atoms with E-state index in [1.807, 2.05) is 6.07 Å². The number of anilines is 1. The van der Waals surface area contributed by atoms with Gasteiger partial charge in [-0.25, -0.2) is 9.97 Å². The van der Waals surface area contributed by atoms with Gasteiger partial charge in [-0.2, -0.15) is 18.4 Å². The Morgan fingerprint density at radius 2 is 2.15 bits per heavy atom. The highest BCUT2D eigenvalue weighted by atomic mass is 32.1. The molecule has 104 valence electrons. The first-order valence-electron chi connectivity index (χ1n) is 5.53. The van der Waals surface area contributed by atoms with Gasteiger partial charge in [0.2, 0.25) is 0 Å². The van der Waals surface area contributed by atoms with Crippen LogP contribution < -0.4 is 5.32 Å². The maximum absolute atomic E-state index is 12.6. The van der Waals surface area contributed by atoms with Gasteiger partial charge in [-0.05, 0) is 19.1 Å². The number of nitriles is 1. The number of nitrogens with zero attached hydrogens (tertiary/aromatic N) is 3. The molecule has 2 rings (SSSR count). The molecule has 2 heterocycles. The van der Waals surface area contributed by atoms with Crippen LogP contribution in [0.3, 0.4) is 0 Å². The molecule has 0 aliphatic rings.